The lowest BCUT2D eigenvalue weighted by Crippen LogP contribution is -2.50. The van der Waals surface area contributed by atoms with Crippen LogP contribution >= 0.6 is 0 Å². The lowest BCUT2D eigenvalue weighted by Gasteiger charge is -2.35. The number of piperidine rings is 1. The molecule has 0 radical (unpaired) electrons. The van der Waals surface area contributed by atoms with Gasteiger partial charge in [0.05, 0.1) is 0 Å². The third-order valence-corrected chi connectivity index (χ3v) is 5.80. The number of amides is 1. The van der Waals surface area contributed by atoms with Crippen LogP contribution in [0, 0.1) is 12.8 Å². The van der Waals surface area contributed by atoms with E-state index in [1.54, 1.807) is 12.3 Å². The maximum atomic E-state index is 12.4. The Labute approximate surface area is 177 Å². The van der Waals surface area contributed by atoms with Crippen LogP contribution in [-0.4, -0.2) is 76.8 Å². The Hall–Kier alpha value is -2.97. The molecule has 9 nitrogen and oxygen atoms in total. The molecule has 0 aliphatic carbocycles. The van der Waals surface area contributed by atoms with Crippen LogP contribution in [0.2, 0.25) is 0 Å². The van der Waals surface area contributed by atoms with Crippen LogP contribution in [0.25, 0.3) is 0 Å². The Kier molecular flexibility index (Phi) is 6.25. The van der Waals surface area contributed by atoms with E-state index in [1.165, 1.54) is 12.8 Å². The van der Waals surface area contributed by atoms with Crippen molar-refractivity contribution in [3.8, 4) is 6.01 Å². The molecule has 2 fully saturated rings. The Morgan fingerprint density at radius 1 is 1.00 bits per heavy atom. The van der Waals surface area contributed by atoms with E-state index in [4.69, 9.17) is 4.74 Å². The van der Waals surface area contributed by atoms with Crippen LogP contribution < -0.4 is 14.5 Å². The van der Waals surface area contributed by atoms with Crippen LogP contribution in [0.3, 0.4) is 0 Å². The van der Waals surface area contributed by atoms with Crippen molar-refractivity contribution in [1.82, 2.24) is 25.1 Å². The van der Waals surface area contributed by atoms with Gasteiger partial charge in [-0.1, -0.05) is 6.92 Å². The van der Waals surface area contributed by atoms with Gasteiger partial charge in [0, 0.05) is 51.2 Å². The normalized spacial score (nSPS) is 17.9. The number of ether oxygens (including phenoxy) is 1. The zero-order chi connectivity index (χ0) is 20.9. The lowest BCUT2D eigenvalue weighted by atomic mass is 9.99. The van der Waals surface area contributed by atoms with Gasteiger partial charge in [-0.3, -0.25) is 4.79 Å². The highest BCUT2D eigenvalue weighted by Gasteiger charge is 2.23. The summed E-state index contributed by atoms with van der Waals surface area (Å²) in [6, 6.07) is 6.12. The van der Waals surface area contributed by atoms with E-state index in [9.17, 15) is 4.79 Å². The minimum Gasteiger partial charge on any atom is -0.453 e. The number of nitrogens with zero attached hydrogens (tertiary/aromatic N) is 7. The number of carbonyl (C=O) groups excluding carboxylic acids is 1. The molecule has 2 aromatic rings. The van der Waals surface area contributed by atoms with Gasteiger partial charge in [0.2, 0.25) is 0 Å². The second kappa shape index (κ2) is 9.23. The van der Waals surface area contributed by atoms with E-state index < -0.39 is 0 Å². The molecule has 2 aromatic heterocycles. The highest BCUT2D eigenvalue weighted by Crippen LogP contribution is 2.22. The van der Waals surface area contributed by atoms with E-state index in [-0.39, 0.29) is 18.5 Å². The minimum absolute atomic E-state index is 0.0492. The Balaban J connectivity index is 1.25. The van der Waals surface area contributed by atoms with Crippen LogP contribution in [0.4, 0.5) is 11.6 Å². The van der Waals surface area contributed by atoms with Gasteiger partial charge in [0.25, 0.3) is 5.91 Å². The lowest BCUT2D eigenvalue weighted by molar-refractivity contribution is -0.133. The van der Waals surface area contributed by atoms with Crippen molar-refractivity contribution in [2.24, 2.45) is 5.92 Å². The highest BCUT2D eigenvalue weighted by atomic mass is 16.5. The van der Waals surface area contributed by atoms with Gasteiger partial charge < -0.3 is 19.4 Å². The van der Waals surface area contributed by atoms with Crippen molar-refractivity contribution in [3.05, 3.63) is 30.1 Å². The molecule has 1 amide bonds. The van der Waals surface area contributed by atoms with Gasteiger partial charge in [-0.15, -0.1) is 10.2 Å². The first-order chi connectivity index (χ1) is 14.6. The second-order valence-corrected chi connectivity index (χ2v) is 8.06. The smallest absolute Gasteiger partial charge is 0.317 e. The van der Waals surface area contributed by atoms with Crippen LogP contribution in [0.1, 0.15) is 25.5 Å². The number of piperazine rings is 1. The molecule has 2 aliphatic heterocycles. The van der Waals surface area contributed by atoms with Crippen molar-refractivity contribution >= 4 is 17.5 Å². The summed E-state index contributed by atoms with van der Waals surface area (Å²) in [5.41, 5.74) is 0.808. The molecule has 0 unspecified atom stereocenters. The summed E-state index contributed by atoms with van der Waals surface area (Å²) < 4.78 is 5.44. The fourth-order valence-electron chi connectivity index (χ4n) is 3.79. The maximum Gasteiger partial charge on any atom is 0.317 e. The van der Waals surface area contributed by atoms with Crippen molar-refractivity contribution in [2.45, 2.75) is 26.7 Å². The Bertz CT molecular complexity index is 845. The molecule has 2 saturated heterocycles. The fraction of sp³-hybridized carbons (Fsp3) is 0.571. The molecule has 30 heavy (non-hydrogen) atoms. The number of hydrogen-bond acceptors (Lipinski definition) is 8. The van der Waals surface area contributed by atoms with Gasteiger partial charge in [-0.25, -0.2) is 9.97 Å². The second-order valence-electron chi connectivity index (χ2n) is 8.06. The van der Waals surface area contributed by atoms with E-state index in [1.807, 2.05) is 17.9 Å². The summed E-state index contributed by atoms with van der Waals surface area (Å²) in [5, 5.41) is 8.89. The van der Waals surface area contributed by atoms with E-state index in [0.717, 1.165) is 49.4 Å². The number of carbonyl (C=O) groups is 1. The largest absolute Gasteiger partial charge is 0.453 e. The topological polar surface area (TPSA) is 87.6 Å². The summed E-state index contributed by atoms with van der Waals surface area (Å²) in [5.74, 6) is 2.55. The first kappa shape index (κ1) is 20.3. The average Bonchev–Trinajstić information content (AvgIpc) is 2.78. The molecule has 9 heteroatoms. The molecule has 0 spiro atoms. The SMILES string of the molecule is Cc1ccnc(OCC(=O)N2CCN(c3ccc(N4CCC(C)CC4)nn3)CC2)n1. The van der Waals surface area contributed by atoms with Crippen LogP contribution in [0.5, 0.6) is 6.01 Å². The number of rotatable bonds is 5. The third kappa shape index (κ3) is 4.95. The minimum atomic E-state index is -0.0551. The van der Waals surface area contributed by atoms with Crippen molar-refractivity contribution in [3.63, 3.8) is 0 Å². The summed E-state index contributed by atoms with van der Waals surface area (Å²) in [7, 11) is 0. The van der Waals surface area contributed by atoms with Crippen molar-refractivity contribution in [1.29, 1.82) is 0 Å². The molecule has 160 valence electrons. The summed E-state index contributed by atoms with van der Waals surface area (Å²) >= 11 is 0. The predicted molar refractivity (Wildman–Crippen MR) is 114 cm³/mol. The Morgan fingerprint density at radius 2 is 1.63 bits per heavy atom. The molecule has 2 aliphatic rings. The molecule has 0 aromatic carbocycles. The number of anilines is 2. The quantitative estimate of drug-likeness (QED) is 0.732. The van der Waals surface area contributed by atoms with E-state index in [2.05, 4.69) is 43.0 Å². The molecule has 4 rings (SSSR count). The van der Waals surface area contributed by atoms with Crippen LogP contribution in [0.15, 0.2) is 24.4 Å². The van der Waals surface area contributed by atoms with Crippen molar-refractivity contribution < 1.29 is 9.53 Å². The molecular formula is C21H29N7O2. The van der Waals surface area contributed by atoms with Gasteiger partial charge in [-0.2, -0.15) is 0 Å². The summed E-state index contributed by atoms with van der Waals surface area (Å²) in [6.45, 7) is 8.92. The zero-order valence-corrected chi connectivity index (χ0v) is 17.7. The molecule has 4 heterocycles. The number of aryl methyl sites for hydroxylation is 1. The van der Waals surface area contributed by atoms with Crippen molar-refractivity contribution in [2.75, 3.05) is 55.7 Å². The van der Waals surface area contributed by atoms with E-state index in [0.29, 0.717) is 13.1 Å². The highest BCUT2D eigenvalue weighted by molar-refractivity contribution is 5.78. The predicted octanol–water partition coefficient (Wildman–Crippen LogP) is 1.54. The maximum absolute atomic E-state index is 12.4. The molecular weight excluding hydrogens is 382 g/mol. The zero-order valence-electron chi connectivity index (χ0n) is 17.7. The van der Waals surface area contributed by atoms with Crippen LogP contribution in [-0.2, 0) is 4.79 Å². The number of hydrogen-bond donors (Lipinski definition) is 0. The molecule has 0 atom stereocenters. The van der Waals surface area contributed by atoms with Gasteiger partial charge in [0.1, 0.15) is 0 Å². The van der Waals surface area contributed by atoms with E-state index >= 15 is 0 Å². The first-order valence-electron chi connectivity index (χ1n) is 10.6. The number of aromatic nitrogens is 4. The van der Waals surface area contributed by atoms with Gasteiger partial charge >= 0.3 is 6.01 Å². The first-order valence-corrected chi connectivity index (χ1v) is 10.6. The molecule has 0 bridgehead atoms. The molecule has 0 saturated carbocycles. The summed E-state index contributed by atoms with van der Waals surface area (Å²) in [6.07, 6.45) is 4.04. The standard InChI is InChI=1S/C21H29N7O2/c1-16-6-9-26(10-7-16)18-3-4-19(25-24-18)27-11-13-28(14-12-27)20(29)15-30-21-22-8-5-17(2)23-21/h3-5,8,16H,6-7,9-15H2,1-2H3. The Morgan fingerprint density at radius 3 is 2.23 bits per heavy atom. The summed E-state index contributed by atoms with van der Waals surface area (Å²) in [4.78, 5) is 26.9. The van der Waals surface area contributed by atoms with Gasteiger partial charge in [0.15, 0.2) is 18.2 Å². The average molecular weight is 412 g/mol. The third-order valence-electron chi connectivity index (χ3n) is 5.80. The molecule has 0 N–H and O–H groups in total. The van der Waals surface area contributed by atoms with Gasteiger partial charge in [-0.05, 0) is 43.9 Å². The fourth-order valence-corrected chi connectivity index (χ4v) is 3.79. The monoisotopic (exact) mass is 411 g/mol.